The van der Waals surface area contributed by atoms with Crippen LogP contribution in [0.2, 0.25) is 0 Å². The zero-order chi connectivity index (χ0) is 15.4. The molecule has 0 bridgehead atoms. The predicted molar refractivity (Wildman–Crippen MR) is 84.4 cm³/mol. The van der Waals surface area contributed by atoms with Gasteiger partial charge in [-0.1, -0.05) is 0 Å². The Morgan fingerprint density at radius 2 is 2.00 bits per heavy atom. The molecular weight excluding hydrogens is 264 g/mol. The van der Waals surface area contributed by atoms with E-state index >= 15 is 0 Å². The number of nitrogens with zero attached hydrogens (tertiary/aromatic N) is 3. The van der Waals surface area contributed by atoms with Crippen molar-refractivity contribution >= 4 is 11.6 Å². The van der Waals surface area contributed by atoms with Crippen LogP contribution in [-0.2, 0) is 6.54 Å². The summed E-state index contributed by atoms with van der Waals surface area (Å²) in [5.74, 6) is 0.0128. The summed E-state index contributed by atoms with van der Waals surface area (Å²) in [4.78, 5) is 13.4. The third kappa shape index (κ3) is 3.62. The minimum atomic E-state index is 0.0128. The minimum Gasteiger partial charge on any atom is -0.378 e. The lowest BCUT2D eigenvalue weighted by Gasteiger charge is -2.15. The van der Waals surface area contributed by atoms with Crippen molar-refractivity contribution < 1.29 is 4.79 Å². The molecule has 1 amide bonds. The zero-order valence-electron chi connectivity index (χ0n) is 13.0. The number of nitrogens with one attached hydrogen (secondary N) is 1. The molecule has 0 aliphatic carbocycles. The van der Waals surface area contributed by atoms with Crippen LogP contribution < -0.4 is 5.32 Å². The lowest BCUT2D eigenvalue weighted by molar-refractivity contribution is 0.0827. The Labute approximate surface area is 125 Å². The Balaban J connectivity index is 2.04. The first-order valence-corrected chi connectivity index (χ1v) is 7.12. The second-order valence-electron chi connectivity index (χ2n) is 5.27. The molecule has 0 spiro atoms. The molecule has 5 nitrogen and oxygen atoms in total. The van der Waals surface area contributed by atoms with Gasteiger partial charge < -0.3 is 10.2 Å². The predicted octanol–water partition coefficient (Wildman–Crippen LogP) is 2.78. The summed E-state index contributed by atoms with van der Waals surface area (Å²) in [5, 5.41) is 7.69. The molecule has 112 valence electrons. The van der Waals surface area contributed by atoms with Crippen LogP contribution in [0.4, 0.5) is 5.69 Å². The molecule has 5 heteroatoms. The summed E-state index contributed by atoms with van der Waals surface area (Å²) in [6.07, 6.45) is 3.92. The van der Waals surface area contributed by atoms with E-state index < -0.39 is 0 Å². The highest BCUT2D eigenvalue weighted by molar-refractivity contribution is 5.94. The molecule has 1 aromatic heterocycles. The van der Waals surface area contributed by atoms with Gasteiger partial charge in [-0.3, -0.25) is 9.48 Å². The second kappa shape index (κ2) is 6.43. The maximum absolute atomic E-state index is 11.8. The summed E-state index contributed by atoms with van der Waals surface area (Å²) < 4.78 is 1.91. The van der Waals surface area contributed by atoms with Gasteiger partial charge in [0.1, 0.15) is 0 Å². The highest BCUT2D eigenvalue weighted by Crippen LogP contribution is 2.19. The van der Waals surface area contributed by atoms with Crippen molar-refractivity contribution in [3.8, 4) is 0 Å². The molecule has 21 heavy (non-hydrogen) atoms. The Kier molecular flexibility index (Phi) is 4.62. The Morgan fingerprint density at radius 3 is 2.52 bits per heavy atom. The lowest BCUT2D eigenvalue weighted by Crippen LogP contribution is -2.21. The van der Waals surface area contributed by atoms with Gasteiger partial charge in [0.25, 0.3) is 5.91 Å². The van der Waals surface area contributed by atoms with Crippen LogP contribution in [0.1, 0.15) is 35.8 Å². The van der Waals surface area contributed by atoms with E-state index in [0.717, 1.165) is 17.8 Å². The first-order chi connectivity index (χ1) is 10.0. The largest absolute Gasteiger partial charge is 0.378 e. The number of aryl methyl sites for hydroxylation is 1. The first kappa shape index (κ1) is 15.1. The second-order valence-corrected chi connectivity index (χ2v) is 5.27. The Hall–Kier alpha value is -2.30. The Morgan fingerprint density at radius 1 is 1.33 bits per heavy atom. The van der Waals surface area contributed by atoms with Crippen LogP contribution in [0.15, 0.2) is 36.7 Å². The smallest absolute Gasteiger partial charge is 0.253 e. The molecule has 0 aliphatic heterocycles. The van der Waals surface area contributed by atoms with Gasteiger partial charge in [-0.25, -0.2) is 0 Å². The third-order valence-corrected chi connectivity index (χ3v) is 3.40. The molecule has 0 saturated carbocycles. The van der Waals surface area contributed by atoms with Gasteiger partial charge in [-0.15, -0.1) is 0 Å². The molecule has 1 heterocycles. The van der Waals surface area contributed by atoms with E-state index in [0.29, 0.717) is 5.56 Å². The number of carbonyl (C=O) groups excluding carboxylic acids is 1. The number of amides is 1. The maximum atomic E-state index is 11.8. The SMILES string of the molecule is CCn1cc(C(C)Nc2ccc(C(=O)N(C)C)cc2)cn1. The van der Waals surface area contributed by atoms with Crippen LogP contribution in [0.5, 0.6) is 0 Å². The van der Waals surface area contributed by atoms with Crippen molar-refractivity contribution in [3.05, 3.63) is 47.8 Å². The van der Waals surface area contributed by atoms with E-state index in [9.17, 15) is 4.79 Å². The molecular formula is C16H22N4O. The quantitative estimate of drug-likeness (QED) is 0.919. The third-order valence-electron chi connectivity index (χ3n) is 3.40. The van der Waals surface area contributed by atoms with Crippen molar-refractivity contribution in [2.75, 3.05) is 19.4 Å². The molecule has 0 aliphatic rings. The van der Waals surface area contributed by atoms with Crippen molar-refractivity contribution in [1.82, 2.24) is 14.7 Å². The molecule has 1 unspecified atom stereocenters. The molecule has 1 atom stereocenters. The zero-order valence-corrected chi connectivity index (χ0v) is 13.0. The van der Waals surface area contributed by atoms with E-state index in [1.807, 2.05) is 41.3 Å². The van der Waals surface area contributed by atoms with Crippen LogP contribution in [0, 0.1) is 0 Å². The fourth-order valence-electron chi connectivity index (χ4n) is 2.08. The normalized spacial score (nSPS) is 12.0. The van der Waals surface area contributed by atoms with E-state index in [2.05, 4.69) is 24.3 Å². The van der Waals surface area contributed by atoms with E-state index in [4.69, 9.17) is 0 Å². The number of hydrogen-bond donors (Lipinski definition) is 1. The molecule has 0 fully saturated rings. The highest BCUT2D eigenvalue weighted by atomic mass is 16.2. The van der Waals surface area contributed by atoms with Gasteiger partial charge in [0.15, 0.2) is 0 Å². The van der Waals surface area contributed by atoms with Crippen LogP contribution >= 0.6 is 0 Å². The highest BCUT2D eigenvalue weighted by Gasteiger charge is 2.10. The number of benzene rings is 1. The lowest BCUT2D eigenvalue weighted by atomic mass is 10.1. The molecule has 0 radical (unpaired) electrons. The molecule has 2 aromatic rings. The van der Waals surface area contributed by atoms with Gasteiger partial charge >= 0.3 is 0 Å². The van der Waals surface area contributed by atoms with E-state index in [-0.39, 0.29) is 11.9 Å². The summed E-state index contributed by atoms with van der Waals surface area (Å²) in [7, 11) is 3.50. The number of rotatable bonds is 5. The van der Waals surface area contributed by atoms with E-state index in [1.54, 1.807) is 19.0 Å². The first-order valence-electron chi connectivity index (χ1n) is 7.12. The number of carbonyl (C=O) groups is 1. The summed E-state index contributed by atoms with van der Waals surface area (Å²) in [6, 6.07) is 7.70. The van der Waals surface area contributed by atoms with Gasteiger partial charge in [0.05, 0.1) is 12.2 Å². The van der Waals surface area contributed by atoms with Crippen LogP contribution in [0.25, 0.3) is 0 Å². The summed E-state index contributed by atoms with van der Waals surface area (Å²) in [6.45, 7) is 5.03. The van der Waals surface area contributed by atoms with Gasteiger partial charge in [-0.2, -0.15) is 5.10 Å². The van der Waals surface area contributed by atoms with E-state index in [1.165, 1.54) is 0 Å². The molecule has 2 rings (SSSR count). The summed E-state index contributed by atoms with van der Waals surface area (Å²) in [5.41, 5.74) is 2.82. The fourth-order valence-corrected chi connectivity index (χ4v) is 2.08. The standard InChI is InChI=1S/C16H22N4O/c1-5-20-11-14(10-17-20)12(2)18-15-8-6-13(7-9-15)16(21)19(3)4/h6-12,18H,5H2,1-4H3. The van der Waals surface area contributed by atoms with Crippen LogP contribution in [-0.4, -0.2) is 34.7 Å². The molecule has 0 saturated heterocycles. The maximum Gasteiger partial charge on any atom is 0.253 e. The van der Waals surface area contributed by atoms with Gasteiger partial charge in [0, 0.05) is 43.7 Å². The van der Waals surface area contributed by atoms with Crippen molar-refractivity contribution in [2.24, 2.45) is 0 Å². The number of anilines is 1. The number of hydrogen-bond acceptors (Lipinski definition) is 3. The molecule has 1 aromatic carbocycles. The molecule has 1 N–H and O–H groups in total. The van der Waals surface area contributed by atoms with Crippen molar-refractivity contribution in [1.29, 1.82) is 0 Å². The average Bonchev–Trinajstić information content (AvgIpc) is 2.96. The average molecular weight is 286 g/mol. The van der Waals surface area contributed by atoms with Crippen LogP contribution in [0.3, 0.4) is 0 Å². The van der Waals surface area contributed by atoms with Crippen molar-refractivity contribution in [3.63, 3.8) is 0 Å². The summed E-state index contributed by atoms with van der Waals surface area (Å²) >= 11 is 0. The topological polar surface area (TPSA) is 50.2 Å². The fraction of sp³-hybridized carbons (Fsp3) is 0.375. The minimum absolute atomic E-state index is 0.0128. The van der Waals surface area contributed by atoms with Gasteiger partial charge in [0.2, 0.25) is 0 Å². The Bertz CT molecular complexity index is 601. The number of aromatic nitrogens is 2. The monoisotopic (exact) mass is 286 g/mol. The van der Waals surface area contributed by atoms with Crippen molar-refractivity contribution in [2.45, 2.75) is 26.4 Å². The van der Waals surface area contributed by atoms with Gasteiger partial charge in [-0.05, 0) is 38.1 Å².